The first kappa shape index (κ1) is 24.4. The van der Waals surface area contributed by atoms with Crippen LogP contribution in [0, 0.1) is 17.1 Å². The van der Waals surface area contributed by atoms with Crippen molar-refractivity contribution in [1.82, 2.24) is 15.3 Å². The second-order valence-electron chi connectivity index (χ2n) is 8.27. The van der Waals surface area contributed by atoms with Gasteiger partial charge in [0.05, 0.1) is 28.8 Å². The van der Waals surface area contributed by atoms with E-state index >= 15 is 4.39 Å². The molecule has 7 nitrogen and oxygen atoms in total. The van der Waals surface area contributed by atoms with Gasteiger partial charge in [-0.05, 0) is 61.7 Å². The van der Waals surface area contributed by atoms with E-state index in [2.05, 4.69) is 26.3 Å². The van der Waals surface area contributed by atoms with Crippen LogP contribution in [0.5, 0.6) is 5.88 Å². The molecular formula is C26H25ClFN5O2. The number of anilines is 1. The molecule has 0 radical (unpaired) electrons. The minimum absolute atomic E-state index is 0.120. The number of carbonyl (C=O) groups is 1. The molecule has 1 N–H and O–H groups in total. The summed E-state index contributed by atoms with van der Waals surface area (Å²) in [5.74, 6) is -0.439. The van der Waals surface area contributed by atoms with Crippen molar-refractivity contribution in [3.63, 3.8) is 0 Å². The van der Waals surface area contributed by atoms with Crippen LogP contribution in [-0.2, 0) is 10.2 Å². The Morgan fingerprint density at radius 1 is 1.29 bits per heavy atom. The Hall–Kier alpha value is -3.70. The van der Waals surface area contributed by atoms with Crippen molar-refractivity contribution in [3.05, 3.63) is 70.8 Å². The standard InChI is InChI=1S/C26H25ClFN5O2/c1-3-35-24-20(5-4-10-31-24)23-21(28)14-18(16-32-23)26(25(34)30-2)8-11-33(12-9-26)22-7-6-19(27)13-17(22)15-29/h4-7,10,13-14,16H,3,8-9,11-12H2,1-2H3,(H,30,34). The summed E-state index contributed by atoms with van der Waals surface area (Å²) in [6, 6.07) is 12.2. The maximum absolute atomic E-state index is 15.4. The van der Waals surface area contributed by atoms with Crippen molar-refractivity contribution in [1.29, 1.82) is 5.26 Å². The molecule has 1 aliphatic rings. The molecule has 1 aromatic carbocycles. The van der Waals surface area contributed by atoms with Gasteiger partial charge >= 0.3 is 0 Å². The Labute approximate surface area is 208 Å². The van der Waals surface area contributed by atoms with Crippen LogP contribution < -0.4 is 15.0 Å². The highest BCUT2D eigenvalue weighted by molar-refractivity contribution is 6.30. The predicted octanol–water partition coefficient (Wildman–Crippen LogP) is 4.49. The zero-order valence-corrected chi connectivity index (χ0v) is 20.3. The smallest absolute Gasteiger partial charge is 0.230 e. The predicted molar refractivity (Wildman–Crippen MR) is 132 cm³/mol. The third kappa shape index (κ3) is 4.64. The number of nitrogens with zero attached hydrogens (tertiary/aromatic N) is 4. The molecular weight excluding hydrogens is 469 g/mol. The largest absolute Gasteiger partial charge is 0.477 e. The number of hydrogen-bond donors (Lipinski definition) is 1. The summed E-state index contributed by atoms with van der Waals surface area (Å²) in [4.78, 5) is 23.8. The zero-order valence-electron chi connectivity index (χ0n) is 19.5. The monoisotopic (exact) mass is 493 g/mol. The van der Waals surface area contributed by atoms with Crippen molar-refractivity contribution < 1.29 is 13.9 Å². The number of hydrogen-bond acceptors (Lipinski definition) is 6. The molecule has 1 fully saturated rings. The van der Waals surface area contributed by atoms with E-state index in [0.717, 1.165) is 5.69 Å². The SMILES string of the molecule is CCOc1ncccc1-c1ncc(C2(C(=O)NC)CCN(c3ccc(Cl)cc3C#N)CC2)cc1F. The summed E-state index contributed by atoms with van der Waals surface area (Å²) in [5.41, 5.74) is 1.37. The van der Waals surface area contributed by atoms with E-state index in [1.165, 1.54) is 6.07 Å². The van der Waals surface area contributed by atoms with Gasteiger partial charge in [0, 0.05) is 37.6 Å². The fourth-order valence-electron chi connectivity index (χ4n) is 4.61. The molecule has 1 aliphatic heterocycles. The highest BCUT2D eigenvalue weighted by Crippen LogP contribution is 2.39. The van der Waals surface area contributed by atoms with Crippen molar-refractivity contribution in [2.45, 2.75) is 25.2 Å². The minimum atomic E-state index is -0.950. The molecule has 9 heteroatoms. The van der Waals surface area contributed by atoms with Gasteiger partial charge < -0.3 is 15.0 Å². The Morgan fingerprint density at radius 2 is 2.06 bits per heavy atom. The summed E-state index contributed by atoms with van der Waals surface area (Å²) in [5, 5.41) is 12.8. The number of aromatic nitrogens is 2. The Bertz CT molecular complexity index is 1280. The maximum atomic E-state index is 15.4. The van der Waals surface area contributed by atoms with E-state index in [4.69, 9.17) is 16.3 Å². The number of likely N-dealkylation sites (N-methyl/N-ethyl adjacent to an activating group) is 1. The quantitative estimate of drug-likeness (QED) is 0.544. The number of ether oxygens (including phenoxy) is 1. The van der Waals surface area contributed by atoms with Gasteiger partial charge in [-0.2, -0.15) is 5.26 Å². The van der Waals surface area contributed by atoms with Crippen LogP contribution in [0.1, 0.15) is 30.9 Å². The molecule has 1 amide bonds. The van der Waals surface area contributed by atoms with Crippen LogP contribution in [0.15, 0.2) is 48.8 Å². The van der Waals surface area contributed by atoms with E-state index in [1.54, 1.807) is 43.7 Å². The average molecular weight is 494 g/mol. The third-order valence-corrected chi connectivity index (χ3v) is 6.63. The molecule has 3 heterocycles. The van der Waals surface area contributed by atoms with Gasteiger partial charge in [0.1, 0.15) is 17.6 Å². The lowest BCUT2D eigenvalue weighted by Crippen LogP contribution is -2.51. The second kappa shape index (κ2) is 10.3. The summed E-state index contributed by atoms with van der Waals surface area (Å²) in [6.45, 7) is 3.23. The van der Waals surface area contributed by atoms with E-state index in [1.807, 2.05) is 13.0 Å². The summed E-state index contributed by atoms with van der Waals surface area (Å²) < 4.78 is 20.9. The number of nitrogens with one attached hydrogen (secondary N) is 1. The first-order chi connectivity index (χ1) is 16.9. The van der Waals surface area contributed by atoms with E-state index in [-0.39, 0.29) is 11.6 Å². The van der Waals surface area contributed by atoms with Gasteiger partial charge in [0.25, 0.3) is 0 Å². The summed E-state index contributed by atoms with van der Waals surface area (Å²) >= 11 is 6.04. The lowest BCUT2D eigenvalue weighted by molar-refractivity contribution is -0.127. The minimum Gasteiger partial charge on any atom is -0.477 e. The molecule has 0 aliphatic carbocycles. The molecule has 35 heavy (non-hydrogen) atoms. The number of carbonyl (C=O) groups excluding carboxylic acids is 1. The number of nitriles is 1. The van der Waals surface area contributed by atoms with Crippen LogP contribution in [0.2, 0.25) is 5.02 Å². The van der Waals surface area contributed by atoms with Gasteiger partial charge in [-0.3, -0.25) is 9.78 Å². The Morgan fingerprint density at radius 3 is 2.71 bits per heavy atom. The van der Waals surface area contributed by atoms with Crippen LogP contribution in [0.4, 0.5) is 10.1 Å². The molecule has 2 aromatic heterocycles. The van der Waals surface area contributed by atoms with Crippen LogP contribution in [0.25, 0.3) is 11.3 Å². The number of benzene rings is 1. The Kier molecular flexibility index (Phi) is 7.17. The lowest BCUT2D eigenvalue weighted by atomic mass is 9.72. The van der Waals surface area contributed by atoms with Crippen molar-refractivity contribution in [2.24, 2.45) is 0 Å². The average Bonchev–Trinajstić information content (AvgIpc) is 2.89. The number of halogens is 2. The van der Waals surface area contributed by atoms with Crippen molar-refractivity contribution in [3.8, 4) is 23.2 Å². The third-order valence-electron chi connectivity index (χ3n) is 6.40. The lowest BCUT2D eigenvalue weighted by Gasteiger charge is -2.41. The van der Waals surface area contributed by atoms with E-state index in [9.17, 15) is 10.1 Å². The molecule has 3 aromatic rings. The normalized spacial score (nSPS) is 14.8. The molecule has 0 spiro atoms. The topological polar surface area (TPSA) is 91.1 Å². The number of amides is 1. The first-order valence-electron chi connectivity index (χ1n) is 11.3. The molecule has 0 bridgehead atoms. The molecule has 4 rings (SSSR count). The van der Waals surface area contributed by atoms with Gasteiger partial charge in [0.15, 0.2) is 0 Å². The number of piperidine rings is 1. The van der Waals surface area contributed by atoms with Crippen LogP contribution in [0.3, 0.4) is 0 Å². The van der Waals surface area contributed by atoms with Gasteiger partial charge in [-0.1, -0.05) is 11.6 Å². The molecule has 1 saturated heterocycles. The number of rotatable bonds is 6. The fourth-order valence-corrected chi connectivity index (χ4v) is 4.78. The van der Waals surface area contributed by atoms with Crippen molar-refractivity contribution in [2.75, 3.05) is 31.6 Å². The van der Waals surface area contributed by atoms with Crippen LogP contribution in [-0.4, -0.2) is 42.6 Å². The highest BCUT2D eigenvalue weighted by Gasteiger charge is 2.43. The van der Waals surface area contributed by atoms with E-state index < -0.39 is 11.2 Å². The van der Waals surface area contributed by atoms with Gasteiger partial charge in [-0.15, -0.1) is 0 Å². The molecule has 0 atom stereocenters. The van der Waals surface area contributed by atoms with E-state index in [0.29, 0.717) is 60.1 Å². The summed E-state index contributed by atoms with van der Waals surface area (Å²) in [6.07, 6.45) is 4.00. The fraction of sp³-hybridized carbons (Fsp3) is 0.308. The van der Waals surface area contributed by atoms with Gasteiger partial charge in [0.2, 0.25) is 11.8 Å². The van der Waals surface area contributed by atoms with Crippen molar-refractivity contribution >= 4 is 23.2 Å². The zero-order chi connectivity index (χ0) is 25.0. The van der Waals surface area contributed by atoms with Crippen LogP contribution >= 0.6 is 11.6 Å². The molecule has 180 valence electrons. The molecule has 0 unspecified atom stereocenters. The highest BCUT2D eigenvalue weighted by atomic mass is 35.5. The Balaban J connectivity index is 1.66. The molecule has 0 saturated carbocycles. The maximum Gasteiger partial charge on any atom is 0.230 e. The van der Waals surface area contributed by atoms with Gasteiger partial charge in [-0.25, -0.2) is 9.37 Å². The second-order valence-corrected chi connectivity index (χ2v) is 8.70. The first-order valence-corrected chi connectivity index (χ1v) is 11.7. The number of pyridine rings is 2. The summed E-state index contributed by atoms with van der Waals surface area (Å²) in [7, 11) is 1.57.